The predicted molar refractivity (Wildman–Crippen MR) is 103 cm³/mol. The molecule has 0 spiro atoms. The quantitative estimate of drug-likeness (QED) is 0.380. The lowest BCUT2D eigenvalue weighted by Crippen LogP contribution is -2.34. The van der Waals surface area contributed by atoms with Crippen LogP contribution in [-0.4, -0.2) is 27.0 Å². The predicted octanol–water partition coefficient (Wildman–Crippen LogP) is 3.49. The van der Waals surface area contributed by atoms with Crippen LogP contribution in [0.15, 0.2) is 40.9 Å². The van der Waals surface area contributed by atoms with Crippen LogP contribution in [0.3, 0.4) is 0 Å². The molecule has 0 radical (unpaired) electrons. The fraction of sp³-hybridized carbons (Fsp3) is 0.0625. The molecule has 0 heterocycles. The summed E-state index contributed by atoms with van der Waals surface area (Å²) >= 11 is 8.23. The van der Waals surface area contributed by atoms with Gasteiger partial charge in [0.15, 0.2) is 5.11 Å². The number of nitro groups is 1. The molecule has 0 saturated heterocycles. The summed E-state index contributed by atoms with van der Waals surface area (Å²) in [5.74, 6) is -1.73. The number of nitro benzene ring substituents is 1. The maximum Gasteiger partial charge on any atom is 0.336 e. The topological polar surface area (TPSA) is 122 Å². The SMILES string of the molecule is Cc1c(NC(=S)NC(=O)c2cc([N+](=O)[O-])ccc2Br)cccc1C(=O)O. The third kappa shape index (κ3) is 4.41. The van der Waals surface area contributed by atoms with Crippen molar-refractivity contribution in [1.82, 2.24) is 5.32 Å². The van der Waals surface area contributed by atoms with E-state index in [2.05, 4.69) is 26.6 Å². The lowest BCUT2D eigenvalue weighted by Gasteiger charge is -2.13. The molecule has 0 aromatic heterocycles. The molecule has 2 rings (SSSR count). The standard InChI is InChI=1S/C16H12BrN3O5S/c1-8-10(15(22)23)3-2-4-13(8)18-16(26)19-14(21)11-7-9(20(24)25)5-6-12(11)17/h2-7H,1H3,(H,22,23)(H2,18,19,21,26). The van der Waals surface area contributed by atoms with Gasteiger partial charge in [-0.2, -0.15) is 0 Å². The minimum absolute atomic E-state index is 0.0411. The van der Waals surface area contributed by atoms with E-state index in [0.717, 1.165) is 6.07 Å². The van der Waals surface area contributed by atoms with Gasteiger partial charge in [-0.05, 0) is 58.8 Å². The number of non-ortho nitro benzene ring substituents is 1. The van der Waals surface area contributed by atoms with Gasteiger partial charge in [0, 0.05) is 22.3 Å². The molecule has 3 N–H and O–H groups in total. The number of aromatic carboxylic acids is 1. The average molecular weight is 438 g/mol. The van der Waals surface area contributed by atoms with Crippen LogP contribution in [0, 0.1) is 17.0 Å². The van der Waals surface area contributed by atoms with Crippen LogP contribution in [-0.2, 0) is 0 Å². The van der Waals surface area contributed by atoms with Gasteiger partial charge in [-0.25, -0.2) is 4.79 Å². The fourth-order valence-corrected chi connectivity index (χ4v) is 2.76. The van der Waals surface area contributed by atoms with Gasteiger partial charge >= 0.3 is 5.97 Å². The lowest BCUT2D eigenvalue weighted by molar-refractivity contribution is -0.384. The highest BCUT2D eigenvalue weighted by Gasteiger charge is 2.17. The molecule has 0 fully saturated rings. The summed E-state index contributed by atoms with van der Waals surface area (Å²) in [5, 5.41) is 25.1. The molecule has 0 aliphatic carbocycles. The Bertz CT molecular complexity index is 932. The Labute approximate surface area is 161 Å². The summed E-state index contributed by atoms with van der Waals surface area (Å²) in [6.07, 6.45) is 0. The number of benzene rings is 2. The van der Waals surface area contributed by atoms with Crippen molar-refractivity contribution in [3.63, 3.8) is 0 Å². The summed E-state index contributed by atoms with van der Waals surface area (Å²) < 4.78 is 0.368. The first kappa shape index (κ1) is 19.5. The number of anilines is 1. The molecule has 10 heteroatoms. The molecule has 2 aromatic carbocycles. The van der Waals surface area contributed by atoms with E-state index in [1.165, 1.54) is 18.2 Å². The van der Waals surface area contributed by atoms with E-state index in [0.29, 0.717) is 15.7 Å². The Balaban J connectivity index is 2.17. The van der Waals surface area contributed by atoms with Gasteiger partial charge in [0.05, 0.1) is 16.1 Å². The summed E-state index contributed by atoms with van der Waals surface area (Å²) in [5.41, 5.74) is 0.786. The van der Waals surface area contributed by atoms with Crippen LogP contribution < -0.4 is 10.6 Å². The largest absolute Gasteiger partial charge is 0.478 e. The minimum atomic E-state index is -1.08. The second-order valence-corrected chi connectivity index (χ2v) is 6.38. The fourth-order valence-electron chi connectivity index (χ4n) is 2.13. The number of nitrogens with one attached hydrogen (secondary N) is 2. The van der Waals surface area contributed by atoms with E-state index in [1.807, 2.05) is 0 Å². The van der Waals surface area contributed by atoms with E-state index in [9.17, 15) is 19.7 Å². The van der Waals surface area contributed by atoms with Gasteiger partial charge in [0.25, 0.3) is 11.6 Å². The van der Waals surface area contributed by atoms with Gasteiger partial charge in [0.1, 0.15) is 0 Å². The molecular formula is C16H12BrN3O5S. The second kappa shape index (κ2) is 8.02. The number of carbonyl (C=O) groups excluding carboxylic acids is 1. The number of hydrogen-bond acceptors (Lipinski definition) is 5. The number of carbonyl (C=O) groups is 2. The Morgan fingerprint density at radius 3 is 2.54 bits per heavy atom. The third-order valence-electron chi connectivity index (χ3n) is 3.44. The highest BCUT2D eigenvalue weighted by atomic mass is 79.9. The first-order valence-electron chi connectivity index (χ1n) is 7.10. The molecule has 2 aromatic rings. The summed E-state index contributed by atoms with van der Waals surface area (Å²) in [6, 6.07) is 8.38. The zero-order chi connectivity index (χ0) is 19.4. The molecule has 26 heavy (non-hydrogen) atoms. The van der Waals surface area contributed by atoms with Crippen molar-refractivity contribution in [2.24, 2.45) is 0 Å². The van der Waals surface area contributed by atoms with Crippen molar-refractivity contribution in [1.29, 1.82) is 0 Å². The van der Waals surface area contributed by atoms with Gasteiger partial charge < -0.3 is 10.4 Å². The zero-order valence-electron chi connectivity index (χ0n) is 13.3. The average Bonchev–Trinajstić information content (AvgIpc) is 2.56. The number of carboxylic acid groups (broad SMARTS) is 1. The van der Waals surface area contributed by atoms with Gasteiger partial charge in [0.2, 0.25) is 0 Å². The molecule has 134 valence electrons. The van der Waals surface area contributed by atoms with Crippen molar-refractivity contribution >= 4 is 56.5 Å². The monoisotopic (exact) mass is 437 g/mol. The van der Waals surface area contributed by atoms with Crippen LogP contribution in [0.1, 0.15) is 26.3 Å². The summed E-state index contributed by atoms with van der Waals surface area (Å²) in [7, 11) is 0. The number of carboxylic acids is 1. The van der Waals surface area contributed by atoms with Gasteiger partial charge in [-0.15, -0.1) is 0 Å². The second-order valence-electron chi connectivity index (χ2n) is 5.11. The van der Waals surface area contributed by atoms with E-state index in [-0.39, 0.29) is 21.9 Å². The zero-order valence-corrected chi connectivity index (χ0v) is 15.7. The Morgan fingerprint density at radius 1 is 1.23 bits per heavy atom. The molecule has 0 saturated carbocycles. The Morgan fingerprint density at radius 2 is 1.92 bits per heavy atom. The molecule has 0 bridgehead atoms. The third-order valence-corrected chi connectivity index (χ3v) is 4.34. The number of rotatable bonds is 4. The van der Waals surface area contributed by atoms with Gasteiger partial charge in [-0.3, -0.25) is 20.2 Å². The van der Waals surface area contributed by atoms with Crippen molar-refractivity contribution in [3.8, 4) is 0 Å². The number of thiocarbonyl (C=S) groups is 1. The first-order valence-corrected chi connectivity index (χ1v) is 8.30. The van der Waals surface area contributed by atoms with Crippen molar-refractivity contribution < 1.29 is 19.6 Å². The number of amides is 1. The minimum Gasteiger partial charge on any atom is -0.478 e. The van der Waals surface area contributed by atoms with Crippen molar-refractivity contribution in [3.05, 3.63) is 67.7 Å². The highest BCUT2D eigenvalue weighted by molar-refractivity contribution is 9.10. The Kier molecular flexibility index (Phi) is 6.01. The molecule has 0 unspecified atom stereocenters. The molecule has 8 nitrogen and oxygen atoms in total. The normalized spacial score (nSPS) is 10.1. The van der Waals surface area contributed by atoms with Crippen LogP contribution in [0.2, 0.25) is 0 Å². The maximum absolute atomic E-state index is 12.3. The summed E-state index contributed by atoms with van der Waals surface area (Å²) in [6.45, 7) is 1.60. The van der Waals surface area contributed by atoms with E-state index < -0.39 is 16.8 Å². The van der Waals surface area contributed by atoms with Crippen LogP contribution in [0.5, 0.6) is 0 Å². The molecule has 0 aliphatic heterocycles. The molecule has 1 amide bonds. The van der Waals surface area contributed by atoms with E-state index >= 15 is 0 Å². The molecule has 0 atom stereocenters. The number of hydrogen-bond donors (Lipinski definition) is 3. The van der Waals surface area contributed by atoms with Crippen molar-refractivity contribution in [2.75, 3.05) is 5.32 Å². The van der Waals surface area contributed by atoms with Crippen molar-refractivity contribution in [2.45, 2.75) is 6.92 Å². The van der Waals surface area contributed by atoms with E-state index in [1.54, 1.807) is 19.1 Å². The van der Waals surface area contributed by atoms with Crippen LogP contribution in [0.25, 0.3) is 0 Å². The van der Waals surface area contributed by atoms with E-state index in [4.69, 9.17) is 17.3 Å². The van der Waals surface area contributed by atoms with Crippen LogP contribution >= 0.6 is 28.1 Å². The summed E-state index contributed by atoms with van der Waals surface area (Å²) in [4.78, 5) is 33.7. The first-order chi connectivity index (χ1) is 12.2. The number of halogens is 1. The van der Waals surface area contributed by atoms with Gasteiger partial charge in [-0.1, -0.05) is 6.07 Å². The Hall–Kier alpha value is -2.85. The van der Waals surface area contributed by atoms with Crippen LogP contribution in [0.4, 0.5) is 11.4 Å². The highest BCUT2D eigenvalue weighted by Crippen LogP contribution is 2.23. The number of nitrogens with zero attached hydrogens (tertiary/aromatic N) is 1. The smallest absolute Gasteiger partial charge is 0.336 e. The molecule has 0 aliphatic rings. The maximum atomic E-state index is 12.3. The lowest BCUT2D eigenvalue weighted by atomic mass is 10.1. The molecular weight excluding hydrogens is 426 g/mol.